The normalized spacial score (nSPS) is 17.3. The third kappa shape index (κ3) is 3.43. The molecule has 1 aromatic rings. The van der Waals surface area contributed by atoms with Crippen LogP contribution in [0.3, 0.4) is 0 Å². The van der Waals surface area contributed by atoms with Crippen LogP contribution in [-0.4, -0.2) is 30.3 Å². The van der Waals surface area contributed by atoms with Crippen molar-refractivity contribution < 1.29 is 19.0 Å². The fourth-order valence-electron chi connectivity index (χ4n) is 2.03. The van der Waals surface area contributed by atoms with Crippen molar-refractivity contribution in [1.82, 2.24) is 5.32 Å². The van der Waals surface area contributed by atoms with E-state index in [1.807, 2.05) is 0 Å². The number of ether oxygens (including phenoxy) is 1. The van der Waals surface area contributed by atoms with Crippen molar-refractivity contribution in [1.29, 1.82) is 0 Å². The molecule has 1 atom stereocenters. The number of hydrogen-bond donors (Lipinski definition) is 2. The number of nitrogens with one attached hydrogen (secondary N) is 1. The molecular formula is C13H16FNO3. The van der Waals surface area contributed by atoms with Crippen LogP contribution in [0.2, 0.25) is 0 Å². The molecule has 0 spiro atoms. The van der Waals surface area contributed by atoms with Crippen LogP contribution in [0.15, 0.2) is 18.2 Å². The van der Waals surface area contributed by atoms with Crippen molar-refractivity contribution >= 4 is 5.97 Å². The highest BCUT2D eigenvalue weighted by Gasteiger charge is 2.22. The fraction of sp³-hybridized carbons (Fsp3) is 0.462. The van der Waals surface area contributed by atoms with Crippen LogP contribution in [0.4, 0.5) is 4.39 Å². The average molecular weight is 253 g/mol. The van der Waals surface area contributed by atoms with Gasteiger partial charge < -0.3 is 15.2 Å². The highest BCUT2D eigenvalue weighted by Crippen LogP contribution is 2.28. The second-order valence-electron chi connectivity index (χ2n) is 4.40. The molecular weight excluding hydrogens is 237 g/mol. The predicted molar refractivity (Wildman–Crippen MR) is 64.3 cm³/mol. The van der Waals surface area contributed by atoms with E-state index in [9.17, 15) is 9.18 Å². The van der Waals surface area contributed by atoms with Gasteiger partial charge in [0.1, 0.15) is 17.7 Å². The molecule has 1 heterocycles. The van der Waals surface area contributed by atoms with E-state index >= 15 is 0 Å². The standard InChI is InChI=1S/C13H16FNO3/c14-10-3-4-12-9(6-10)7-11(18-12)8-15-5-1-2-13(16)17/h3-4,6,11,15H,1-2,5,7-8H2,(H,16,17). The number of carboxylic acid groups (broad SMARTS) is 1. The smallest absolute Gasteiger partial charge is 0.303 e. The molecule has 0 aliphatic carbocycles. The maximum Gasteiger partial charge on any atom is 0.303 e. The van der Waals surface area contributed by atoms with Gasteiger partial charge in [0.2, 0.25) is 0 Å². The van der Waals surface area contributed by atoms with Crippen molar-refractivity contribution in [3.05, 3.63) is 29.6 Å². The van der Waals surface area contributed by atoms with Gasteiger partial charge in [-0.2, -0.15) is 0 Å². The summed E-state index contributed by atoms with van der Waals surface area (Å²) in [4.78, 5) is 10.3. The van der Waals surface area contributed by atoms with Crippen molar-refractivity contribution in [2.45, 2.75) is 25.4 Å². The zero-order valence-electron chi connectivity index (χ0n) is 9.99. The molecule has 2 rings (SSSR count). The van der Waals surface area contributed by atoms with Crippen molar-refractivity contribution in [2.75, 3.05) is 13.1 Å². The van der Waals surface area contributed by atoms with Gasteiger partial charge in [-0.15, -0.1) is 0 Å². The monoisotopic (exact) mass is 253 g/mol. The number of hydrogen-bond acceptors (Lipinski definition) is 3. The highest BCUT2D eigenvalue weighted by atomic mass is 19.1. The van der Waals surface area contributed by atoms with Gasteiger partial charge in [0.15, 0.2) is 0 Å². The lowest BCUT2D eigenvalue weighted by molar-refractivity contribution is -0.137. The van der Waals surface area contributed by atoms with Gasteiger partial charge in [-0.3, -0.25) is 4.79 Å². The van der Waals surface area contributed by atoms with Crippen LogP contribution < -0.4 is 10.1 Å². The van der Waals surface area contributed by atoms with E-state index in [1.54, 1.807) is 6.07 Å². The molecule has 0 bridgehead atoms. The summed E-state index contributed by atoms with van der Waals surface area (Å²) in [6.45, 7) is 1.30. The first-order valence-electron chi connectivity index (χ1n) is 6.03. The summed E-state index contributed by atoms with van der Waals surface area (Å²) in [5.74, 6) is -0.280. The van der Waals surface area contributed by atoms with E-state index < -0.39 is 5.97 Å². The summed E-state index contributed by atoms with van der Waals surface area (Å²) in [5, 5.41) is 11.6. The summed E-state index contributed by atoms with van der Waals surface area (Å²) in [6, 6.07) is 4.54. The largest absolute Gasteiger partial charge is 0.488 e. The number of halogens is 1. The molecule has 98 valence electrons. The van der Waals surface area contributed by atoms with Crippen LogP contribution in [0.1, 0.15) is 18.4 Å². The lowest BCUT2D eigenvalue weighted by Gasteiger charge is -2.11. The van der Waals surface area contributed by atoms with Gasteiger partial charge in [-0.25, -0.2) is 4.39 Å². The molecule has 1 aliphatic heterocycles. The molecule has 4 nitrogen and oxygen atoms in total. The number of rotatable bonds is 6. The zero-order valence-corrected chi connectivity index (χ0v) is 9.99. The highest BCUT2D eigenvalue weighted by molar-refractivity contribution is 5.66. The Balaban J connectivity index is 1.70. The van der Waals surface area contributed by atoms with Crippen LogP contribution in [0, 0.1) is 5.82 Å². The number of fused-ring (bicyclic) bond motifs is 1. The second kappa shape index (κ2) is 5.82. The molecule has 1 aliphatic rings. The molecule has 0 aromatic heterocycles. The molecule has 0 radical (unpaired) electrons. The Labute approximate surface area is 105 Å². The minimum absolute atomic E-state index is 0.00614. The van der Waals surface area contributed by atoms with Gasteiger partial charge in [0.05, 0.1) is 0 Å². The van der Waals surface area contributed by atoms with Gasteiger partial charge >= 0.3 is 5.97 Å². The minimum atomic E-state index is -0.781. The zero-order chi connectivity index (χ0) is 13.0. The maximum atomic E-state index is 13.0. The first kappa shape index (κ1) is 12.8. The minimum Gasteiger partial charge on any atom is -0.488 e. The predicted octanol–water partition coefficient (Wildman–Crippen LogP) is 1.58. The number of aliphatic carboxylic acids is 1. The summed E-state index contributed by atoms with van der Waals surface area (Å²) >= 11 is 0. The third-order valence-corrected chi connectivity index (χ3v) is 2.88. The molecule has 1 aromatic carbocycles. The Hall–Kier alpha value is -1.62. The average Bonchev–Trinajstić information content (AvgIpc) is 2.70. The SMILES string of the molecule is O=C(O)CCCNCC1Cc2cc(F)ccc2O1. The Bertz CT molecular complexity index is 436. The van der Waals surface area contributed by atoms with E-state index in [2.05, 4.69) is 5.32 Å². The van der Waals surface area contributed by atoms with E-state index in [-0.39, 0.29) is 18.3 Å². The molecule has 5 heteroatoms. The van der Waals surface area contributed by atoms with Crippen molar-refractivity contribution in [2.24, 2.45) is 0 Å². The number of carbonyl (C=O) groups is 1. The molecule has 1 unspecified atom stereocenters. The lowest BCUT2D eigenvalue weighted by Crippen LogP contribution is -2.30. The van der Waals surface area contributed by atoms with Crippen LogP contribution >= 0.6 is 0 Å². The molecule has 18 heavy (non-hydrogen) atoms. The lowest BCUT2D eigenvalue weighted by atomic mass is 10.1. The van der Waals surface area contributed by atoms with E-state index in [1.165, 1.54) is 12.1 Å². The van der Waals surface area contributed by atoms with E-state index in [0.29, 0.717) is 25.9 Å². The van der Waals surface area contributed by atoms with Crippen LogP contribution in [0.25, 0.3) is 0 Å². The molecule has 0 amide bonds. The number of benzene rings is 1. The van der Waals surface area contributed by atoms with Crippen molar-refractivity contribution in [3.63, 3.8) is 0 Å². The summed E-state index contributed by atoms with van der Waals surface area (Å²) in [5.41, 5.74) is 0.896. The summed E-state index contributed by atoms with van der Waals surface area (Å²) < 4.78 is 18.6. The quantitative estimate of drug-likeness (QED) is 0.756. The molecule has 2 N–H and O–H groups in total. The third-order valence-electron chi connectivity index (χ3n) is 2.88. The van der Waals surface area contributed by atoms with E-state index in [0.717, 1.165) is 11.3 Å². The number of carboxylic acids is 1. The summed E-state index contributed by atoms with van der Waals surface area (Å²) in [6.07, 6.45) is 1.47. The van der Waals surface area contributed by atoms with Gasteiger partial charge in [-0.05, 0) is 31.2 Å². The van der Waals surface area contributed by atoms with Gasteiger partial charge in [0, 0.05) is 24.9 Å². The fourth-order valence-corrected chi connectivity index (χ4v) is 2.03. The van der Waals surface area contributed by atoms with Crippen LogP contribution in [-0.2, 0) is 11.2 Å². The Morgan fingerprint density at radius 3 is 3.17 bits per heavy atom. The molecule has 0 saturated carbocycles. The topological polar surface area (TPSA) is 58.6 Å². The Kier molecular flexibility index (Phi) is 4.15. The molecule has 0 saturated heterocycles. The van der Waals surface area contributed by atoms with Crippen molar-refractivity contribution in [3.8, 4) is 5.75 Å². The second-order valence-corrected chi connectivity index (χ2v) is 4.40. The first-order valence-corrected chi connectivity index (χ1v) is 6.03. The Morgan fingerprint density at radius 2 is 2.39 bits per heavy atom. The van der Waals surface area contributed by atoms with Crippen LogP contribution in [0.5, 0.6) is 5.75 Å². The first-order chi connectivity index (χ1) is 8.65. The van der Waals surface area contributed by atoms with Gasteiger partial charge in [-0.1, -0.05) is 0 Å². The van der Waals surface area contributed by atoms with Gasteiger partial charge in [0.25, 0.3) is 0 Å². The maximum absolute atomic E-state index is 13.0. The molecule has 0 fully saturated rings. The summed E-state index contributed by atoms with van der Waals surface area (Å²) in [7, 11) is 0. The van der Waals surface area contributed by atoms with E-state index in [4.69, 9.17) is 9.84 Å². The Morgan fingerprint density at radius 1 is 1.56 bits per heavy atom.